The largest absolute Gasteiger partial charge is 0.495 e. The second-order valence-corrected chi connectivity index (χ2v) is 9.98. The fraction of sp³-hybridized carbons (Fsp3) is 0.407. The Hall–Kier alpha value is -3.13. The van der Waals surface area contributed by atoms with Crippen LogP contribution in [0.2, 0.25) is 0 Å². The molecule has 3 aliphatic rings. The minimum absolute atomic E-state index is 0.0740. The molecule has 8 heteroatoms. The fourth-order valence-corrected chi connectivity index (χ4v) is 5.66. The molecule has 0 radical (unpaired) electrons. The highest BCUT2D eigenvalue weighted by atomic mass is 32.1. The lowest BCUT2D eigenvalue weighted by Crippen LogP contribution is -2.38. The summed E-state index contributed by atoms with van der Waals surface area (Å²) in [6, 6.07) is 11.8. The van der Waals surface area contributed by atoms with E-state index >= 15 is 0 Å². The smallest absolute Gasteiger partial charge is 0.276 e. The van der Waals surface area contributed by atoms with E-state index < -0.39 is 0 Å². The molecule has 6 rings (SSSR count). The Labute approximate surface area is 209 Å². The quantitative estimate of drug-likeness (QED) is 0.413. The highest BCUT2D eigenvalue weighted by Crippen LogP contribution is 2.39. The van der Waals surface area contributed by atoms with Gasteiger partial charge < -0.3 is 14.4 Å². The van der Waals surface area contributed by atoms with Crippen molar-refractivity contribution in [1.82, 2.24) is 4.98 Å². The van der Waals surface area contributed by atoms with Gasteiger partial charge in [0.05, 0.1) is 18.5 Å². The number of hydrogen-bond donors (Lipinski definition) is 0. The molecule has 0 N–H and O–H groups in total. The van der Waals surface area contributed by atoms with E-state index in [0.29, 0.717) is 21.5 Å². The van der Waals surface area contributed by atoms with Gasteiger partial charge >= 0.3 is 0 Å². The SMILES string of the molecule is C1CCCC1.COc1cc(N2COc3nc(-c4ccc(F)cc4)sc3C2=O)ccc1N1CCCC1. The van der Waals surface area contributed by atoms with E-state index in [9.17, 15) is 9.18 Å². The van der Waals surface area contributed by atoms with Crippen LogP contribution < -0.4 is 19.3 Å². The molecule has 0 unspecified atom stereocenters. The molecule has 3 heterocycles. The topological polar surface area (TPSA) is 54.9 Å². The van der Waals surface area contributed by atoms with Gasteiger partial charge in [-0.3, -0.25) is 9.69 Å². The first-order valence-corrected chi connectivity index (χ1v) is 13.1. The Balaban J connectivity index is 0.000000453. The third-order valence-corrected chi connectivity index (χ3v) is 7.70. The summed E-state index contributed by atoms with van der Waals surface area (Å²) in [6.07, 6.45) is 9.85. The molecular formula is C27H30FN3O3S. The van der Waals surface area contributed by atoms with Gasteiger partial charge in [-0.05, 0) is 49.2 Å². The molecule has 0 atom stereocenters. The van der Waals surface area contributed by atoms with Gasteiger partial charge in [0.15, 0.2) is 11.6 Å². The number of amides is 1. The molecule has 0 spiro atoms. The first-order valence-electron chi connectivity index (χ1n) is 12.3. The number of anilines is 2. The molecule has 3 aromatic rings. The average molecular weight is 496 g/mol. The molecule has 1 saturated carbocycles. The van der Waals surface area contributed by atoms with Crippen molar-refractivity contribution in [2.75, 3.05) is 36.7 Å². The number of thiazole rings is 1. The summed E-state index contributed by atoms with van der Waals surface area (Å²) in [5.74, 6) is 0.577. The predicted octanol–water partition coefficient (Wildman–Crippen LogP) is 6.51. The van der Waals surface area contributed by atoms with E-state index in [1.807, 2.05) is 18.2 Å². The number of nitrogens with zero attached hydrogens (tertiary/aromatic N) is 3. The van der Waals surface area contributed by atoms with E-state index in [4.69, 9.17) is 9.47 Å². The number of benzene rings is 2. The Morgan fingerprint density at radius 3 is 2.31 bits per heavy atom. The van der Waals surface area contributed by atoms with E-state index in [-0.39, 0.29) is 18.5 Å². The van der Waals surface area contributed by atoms with Crippen LogP contribution in [-0.4, -0.2) is 37.8 Å². The average Bonchev–Trinajstić information content (AvgIpc) is 3.68. The van der Waals surface area contributed by atoms with Crippen molar-refractivity contribution in [1.29, 1.82) is 0 Å². The van der Waals surface area contributed by atoms with Gasteiger partial charge in [-0.1, -0.05) is 32.1 Å². The number of fused-ring (bicyclic) bond motifs is 1. The predicted molar refractivity (Wildman–Crippen MR) is 137 cm³/mol. The lowest BCUT2D eigenvalue weighted by molar-refractivity contribution is 0.0940. The number of hydrogen-bond acceptors (Lipinski definition) is 6. The van der Waals surface area contributed by atoms with Crippen LogP contribution in [-0.2, 0) is 0 Å². The minimum atomic E-state index is -0.315. The summed E-state index contributed by atoms with van der Waals surface area (Å²) in [5, 5.41) is 0.622. The summed E-state index contributed by atoms with van der Waals surface area (Å²) in [7, 11) is 1.64. The van der Waals surface area contributed by atoms with Gasteiger partial charge in [0, 0.05) is 24.7 Å². The zero-order valence-electron chi connectivity index (χ0n) is 20.0. The molecule has 2 aliphatic heterocycles. The summed E-state index contributed by atoms with van der Waals surface area (Å²) < 4.78 is 24.6. The minimum Gasteiger partial charge on any atom is -0.495 e. The molecule has 35 heavy (non-hydrogen) atoms. The summed E-state index contributed by atoms with van der Waals surface area (Å²) in [6.45, 7) is 2.10. The summed E-state index contributed by atoms with van der Waals surface area (Å²) in [5.41, 5.74) is 2.50. The van der Waals surface area contributed by atoms with Crippen LogP contribution in [0.15, 0.2) is 42.5 Å². The lowest BCUT2D eigenvalue weighted by atomic mass is 10.2. The molecule has 184 valence electrons. The van der Waals surface area contributed by atoms with E-state index in [2.05, 4.69) is 9.88 Å². The molecular weight excluding hydrogens is 465 g/mol. The Bertz CT molecular complexity index is 1160. The van der Waals surface area contributed by atoms with Crippen molar-refractivity contribution in [3.8, 4) is 22.2 Å². The normalized spacial score (nSPS) is 17.0. The van der Waals surface area contributed by atoms with Gasteiger partial charge in [0.2, 0.25) is 5.88 Å². The van der Waals surface area contributed by atoms with Crippen LogP contribution in [0.4, 0.5) is 15.8 Å². The van der Waals surface area contributed by atoms with Crippen LogP contribution in [0.25, 0.3) is 10.6 Å². The van der Waals surface area contributed by atoms with Crippen LogP contribution in [0.5, 0.6) is 11.6 Å². The van der Waals surface area contributed by atoms with Crippen molar-refractivity contribution in [2.45, 2.75) is 44.9 Å². The Kier molecular flexibility index (Phi) is 7.18. The van der Waals surface area contributed by atoms with Gasteiger partial charge in [-0.15, -0.1) is 11.3 Å². The third-order valence-electron chi connectivity index (χ3n) is 6.63. The van der Waals surface area contributed by atoms with Gasteiger partial charge in [-0.25, -0.2) is 9.37 Å². The molecule has 2 fully saturated rings. The Morgan fingerprint density at radius 1 is 0.971 bits per heavy atom. The third kappa shape index (κ3) is 5.12. The van der Waals surface area contributed by atoms with Gasteiger partial charge in [0.25, 0.3) is 5.91 Å². The van der Waals surface area contributed by atoms with Gasteiger partial charge in [0.1, 0.15) is 16.6 Å². The molecule has 1 aromatic heterocycles. The lowest BCUT2D eigenvalue weighted by Gasteiger charge is -2.27. The zero-order chi connectivity index (χ0) is 24.2. The van der Waals surface area contributed by atoms with Crippen molar-refractivity contribution in [3.63, 3.8) is 0 Å². The zero-order valence-corrected chi connectivity index (χ0v) is 20.8. The maximum atomic E-state index is 13.2. The Morgan fingerprint density at radius 2 is 1.66 bits per heavy atom. The van der Waals surface area contributed by atoms with E-state index in [1.54, 1.807) is 24.1 Å². The van der Waals surface area contributed by atoms with Crippen molar-refractivity contribution < 1.29 is 18.7 Å². The summed E-state index contributed by atoms with van der Waals surface area (Å²) in [4.78, 5) is 21.9. The van der Waals surface area contributed by atoms with Crippen LogP contribution in [0.1, 0.15) is 54.6 Å². The van der Waals surface area contributed by atoms with Crippen LogP contribution in [0.3, 0.4) is 0 Å². The number of ether oxygens (including phenoxy) is 2. The van der Waals surface area contributed by atoms with Crippen LogP contribution >= 0.6 is 11.3 Å². The second-order valence-electron chi connectivity index (χ2n) is 8.98. The van der Waals surface area contributed by atoms with E-state index in [0.717, 1.165) is 30.1 Å². The molecule has 0 bridgehead atoms. The number of aromatic nitrogens is 1. The molecule has 1 aliphatic carbocycles. The first-order chi connectivity index (χ1) is 17.1. The standard InChI is InChI=1S/C22H20FN3O3S.C5H10/c1-28-18-12-16(8-9-17(18)25-10-2-3-11-25)26-13-29-20-19(22(26)27)30-21(24-20)14-4-6-15(23)7-5-14;1-2-4-5-3-1/h4-9,12H,2-3,10-11,13H2,1H3;1-5H2. The number of carbonyl (C=O) groups excluding carboxylic acids is 1. The molecule has 6 nitrogen and oxygen atoms in total. The molecule has 1 saturated heterocycles. The molecule has 1 amide bonds. The molecule has 2 aromatic carbocycles. The van der Waals surface area contributed by atoms with Crippen molar-refractivity contribution in [3.05, 3.63) is 53.2 Å². The second kappa shape index (κ2) is 10.6. The van der Waals surface area contributed by atoms with Gasteiger partial charge in [-0.2, -0.15) is 0 Å². The number of methoxy groups -OCH3 is 1. The maximum absolute atomic E-state index is 13.2. The number of carbonyl (C=O) groups is 1. The van der Waals surface area contributed by atoms with Crippen molar-refractivity contribution in [2.24, 2.45) is 0 Å². The monoisotopic (exact) mass is 495 g/mol. The first kappa shape index (κ1) is 23.6. The van der Waals surface area contributed by atoms with E-state index in [1.165, 1.54) is 68.4 Å². The number of halogens is 1. The highest BCUT2D eigenvalue weighted by molar-refractivity contribution is 7.17. The van der Waals surface area contributed by atoms with Crippen molar-refractivity contribution >= 4 is 28.6 Å². The summed E-state index contributed by atoms with van der Waals surface area (Å²) >= 11 is 1.25. The highest BCUT2D eigenvalue weighted by Gasteiger charge is 2.32. The number of rotatable bonds is 4. The maximum Gasteiger partial charge on any atom is 0.276 e. The van der Waals surface area contributed by atoms with Crippen LogP contribution in [0, 0.1) is 5.82 Å². The fourth-order valence-electron chi connectivity index (χ4n) is 4.69.